The van der Waals surface area contributed by atoms with E-state index in [2.05, 4.69) is 15.5 Å². The zero-order valence-electron chi connectivity index (χ0n) is 12.1. The van der Waals surface area contributed by atoms with Gasteiger partial charge in [0.05, 0.1) is 18.0 Å². The first-order chi connectivity index (χ1) is 9.80. The molecule has 0 spiro atoms. The van der Waals surface area contributed by atoms with E-state index in [-0.39, 0.29) is 17.8 Å². The minimum absolute atomic E-state index is 0.143. The van der Waals surface area contributed by atoms with E-state index in [0.717, 1.165) is 0 Å². The molecule has 1 atom stereocenters. The minimum atomic E-state index is -0.954. The molecule has 0 aliphatic heterocycles. The Kier molecular flexibility index (Phi) is 4.02. The molecule has 21 heavy (non-hydrogen) atoms. The molecule has 0 fully saturated rings. The zero-order chi connectivity index (χ0) is 15.6. The maximum atomic E-state index is 13.9. The highest BCUT2D eigenvalue weighted by molar-refractivity contribution is 5.67. The van der Waals surface area contributed by atoms with Crippen molar-refractivity contribution in [1.82, 2.24) is 20.2 Å². The second kappa shape index (κ2) is 5.59. The lowest BCUT2D eigenvalue weighted by atomic mass is 9.84. The van der Waals surface area contributed by atoms with Crippen LogP contribution >= 0.6 is 0 Å². The number of hydrogen-bond acceptors (Lipinski definition) is 4. The SMILES string of the molecule is CC(C)(C)C(CC(=O)O)n1nnnc1-c1ccccc1F. The smallest absolute Gasteiger partial charge is 0.305 e. The van der Waals surface area contributed by atoms with Crippen LogP contribution in [0, 0.1) is 11.2 Å². The van der Waals surface area contributed by atoms with Crippen LogP contribution in [0.2, 0.25) is 0 Å². The molecule has 1 unspecified atom stereocenters. The van der Waals surface area contributed by atoms with Gasteiger partial charge in [0.25, 0.3) is 0 Å². The topological polar surface area (TPSA) is 80.9 Å². The molecule has 0 saturated carbocycles. The van der Waals surface area contributed by atoms with Gasteiger partial charge < -0.3 is 5.11 Å². The first-order valence-corrected chi connectivity index (χ1v) is 6.55. The number of aliphatic carboxylic acids is 1. The Morgan fingerprint density at radius 1 is 1.38 bits per heavy atom. The van der Waals surface area contributed by atoms with Gasteiger partial charge in [-0.3, -0.25) is 4.79 Å². The van der Waals surface area contributed by atoms with Gasteiger partial charge in [-0.05, 0) is 28.0 Å². The number of rotatable bonds is 4. The van der Waals surface area contributed by atoms with Crippen LogP contribution in [0.25, 0.3) is 11.4 Å². The van der Waals surface area contributed by atoms with Crippen molar-refractivity contribution in [3.05, 3.63) is 30.1 Å². The molecule has 6 nitrogen and oxygen atoms in total. The number of carbonyl (C=O) groups is 1. The predicted octanol–water partition coefficient (Wildman–Crippen LogP) is 2.54. The number of aromatic nitrogens is 4. The van der Waals surface area contributed by atoms with Crippen LogP contribution < -0.4 is 0 Å². The van der Waals surface area contributed by atoms with Gasteiger partial charge >= 0.3 is 5.97 Å². The molecule has 2 rings (SSSR count). The van der Waals surface area contributed by atoms with Crippen molar-refractivity contribution in [3.63, 3.8) is 0 Å². The van der Waals surface area contributed by atoms with E-state index >= 15 is 0 Å². The van der Waals surface area contributed by atoms with Crippen LogP contribution in [0.5, 0.6) is 0 Å². The lowest BCUT2D eigenvalue weighted by Crippen LogP contribution is -2.28. The van der Waals surface area contributed by atoms with E-state index in [0.29, 0.717) is 0 Å². The molecule has 0 bridgehead atoms. The average molecular weight is 292 g/mol. The van der Waals surface area contributed by atoms with Crippen molar-refractivity contribution in [3.8, 4) is 11.4 Å². The number of tetrazole rings is 1. The van der Waals surface area contributed by atoms with Crippen molar-refractivity contribution in [2.24, 2.45) is 5.41 Å². The van der Waals surface area contributed by atoms with Crippen molar-refractivity contribution >= 4 is 5.97 Å². The Labute approximate surface area is 121 Å². The largest absolute Gasteiger partial charge is 0.481 e. The molecule has 0 aliphatic rings. The summed E-state index contributed by atoms with van der Waals surface area (Å²) in [5.41, 5.74) is -0.143. The summed E-state index contributed by atoms with van der Waals surface area (Å²) in [6.07, 6.45) is -0.143. The molecule has 1 heterocycles. The lowest BCUT2D eigenvalue weighted by Gasteiger charge is -2.29. The molecule has 112 valence electrons. The van der Waals surface area contributed by atoms with Crippen LogP contribution in [-0.4, -0.2) is 31.3 Å². The highest BCUT2D eigenvalue weighted by atomic mass is 19.1. The number of nitrogens with zero attached hydrogens (tertiary/aromatic N) is 4. The van der Waals surface area contributed by atoms with Gasteiger partial charge in [0.2, 0.25) is 0 Å². The number of hydrogen-bond donors (Lipinski definition) is 1. The lowest BCUT2D eigenvalue weighted by molar-refractivity contribution is -0.138. The van der Waals surface area contributed by atoms with Crippen LogP contribution in [0.4, 0.5) is 4.39 Å². The van der Waals surface area contributed by atoms with E-state index in [1.54, 1.807) is 18.2 Å². The summed E-state index contributed by atoms with van der Waals surface area (Å²) in [6.45, 7) is 5.69. The summed E-state index contributed by atoms with van der Waals surface area (Å²) in [5.74, 6) is -1.17. The van der Waals surface area contributed by atoms with Crippen molar-refractivity contribution in [1.29, 1.82) is 0 Å². The van der Waals surface area contributed by atoms with Crippen LogP contribution in [0.15, 0.2) is 24.3 Å². The van der Waals surface area contributed by atoms with Gasteiger partial charge in [-0.2, -0.15) is 0 Å². The zero-order valence-corrected chi connectivity index (χ0v) is 12.1. The molecule has 7 heteroatoms. The number of benzene rings is 1. The molecule has 0 amide bonds. The first kappa shape index (κ1) is 15.1. The third-order valence-electron chi connectivity index (χ3n) is 3.27. The molecule has 1 aromatic carbocycles. The molecule has 2 aromatic rings. The van der Waals surface area contributed by atoms with Crippen molar-refractivity contribution < 1.29 is 14.3 Å². The highest BCUT2D eigenvalue weighted by Gasteiger charge is 2.32. The number of carboxylic acids is 1. The van der Waals surface area contributed by atoms with Gasteiger partial charge in [0.15, 0.2) is 5.82 Å². The number of halogens is 1. The molecule has 1 aromatic heterocycles. The molecule has 0 radical (unpaired) electrons. The van der Waals surface area contributed by atoms with E-state index in [9.17, 15) is 9.18 Å². The van der Waals surface area contributed by atoms with E-state index < -0.39 is 23.2 Å². The summed E-state index contributed by atoms with van der Waals surface area (Å²) >= 11 is 0. The second-order valence-corrected chi connectivity index (χ2v) is 5.91. The summed E-state index contributed by atoms with van der Waals surface area (Å²) in [5, 5.41) is 20.4. The molecule has 1 N–H and O–H groups in total. The molecular weight excluding hydrogens is 275 g/mol. The summed E-state index contributed by atoms with van der Waals surface area (Å²) < 4.78 is 15.3. The van der Waals surface area contributed by atoms with Gasteiger partial charge in [0, 0.05) is 0 Å². The fourth-order valence-corrected chi connectivity index (χ4v) is 2.15. The van der Waals surface area contributed by atoms with Gasteiger partial charge in [0.1, 0.15) is 5.82 Å². The third kappa shape index (κ3) is 3.24. The fraction of sp³-hybridized carbons (Fsp3) is 0.429. The van der Waals surface area contributed by atoms with Crippen LogP contribution in [0.1, 0.15) is 33.2 Å². The summed E-state index contributed by atoms with van der Waals surface area (Å²) in [4.78, 5) is 11.1. The summed E-state index contributed by atoms with van der Waals surface area (Å²) in [6, 6.07) is 5.65. The molecular formula is C14H17FN4O2. The second-order valence-electron chi connectivity index (χ2n) is 5.91. The average Bonchev–Trinajstić information content (AvgIpc) is 2.83. The Balaban J connectivity index is 2.52. The van der Waals surface area contributed by atoms with Crippen molar-refractivity contribution in [2.45, 2.75) is 33.2 Å². The Bertz CT molecular complexity index is 648. The third-order valence-corrected chi connectivity index (χ3v) is 3.27. The Morgan fingerprint density at radius 2 is 2.05 bits per heavy atom. The van der Waals surface area contributed by atoms with E-state index in [1.165, 1.54) is 10.7 Å². The first-order valence-electron chi connectivity index (χ1n) is 6.55. The molecule has 0 saturated heterocycles. The quantitative estimate of drug-likeness (QED) is 0.936. The van der Waals surface area contributed by atoms with Crippen LogP contribution in [-0.2, 0) is 4.79 Å². The maximum absolute atomic E-state index is 13.9. The minimum Gasteiger partial charge on any atom is -0.481 e. The summed E-state index contributed by atoms with van der Waals surface area (Å²) in [7, 11) is 0. The fourth-order valence-electron chi connectivity index (χ4n) is 2.15. The van der Waals surface area contributed by atoms with Gasteiger partial charge in [-0.1, -0.05) is 32.9 Å². The number of carboxylic acid groups (broad SMARTS) is 1. The maximum Gasteiger partial charge on any atom is 0.305 e. The van der Waals surface area contributed by atoms with E-state index in [1.807, 2.05) is 20.8 Å². The Morgan fingerprint density at radius 3 is 2.62 bits per heavy atom. The molecule has 0 aliphatic carbocycles. The predicted molar refractivity (Wildman–Crippen MR) is 74.0 cm³/mol. The Hall–Kier alpha value is -2.31. The van der Waals surface area contributed by atoms with E-state index in [4.69, 9.17) is 5.11 Å². The van der Waals surface area contributed by atoms with Gasteiger partial charge in [-0.25, -0.2) is 9.07 Å². The monoisotopic (exact) mass is 292 g/mol. The van der Waals surface area contributed by atoms with Crippen LogP contribution in [0.3, 0.4) is 0 Å². The van der Waals surface area contributed by atoms with Gasteiger partial charge in [-0.15, -0.1) is 5.10 Å². The highest BCUT2D eigenvalue weighted by Crippen LogP contribution is 2.35. The standard InChI is InChI=1S/C14H17FN4O2/c1-14(2,3)11(8-12(20)21)19-13(16-17-18-19)9-6-4-5-7-10(9)15/h4-7,11H,8H2,1-3H3,(H,20,21). The normalized spacial score (nSPS) is 13.1. The van der Waals surface area contributed by atoms with Crippen molar-refractivity contribution in [2.75, 3.05) is 0 Å².